The van der Waals surface area contributed by atoms with Gasteiger partial charge in [-0.2, -0.15) is 0 Å². The highest BCUT2D eigenvalue weighted by Crippen LogP contribution is 2.33. The maximum absolute atomic E-state index is 14.2. The Balaban J connectivity index is 1.62. The summed E-state index contributed by atoms with van der Waals surface area (Å²) >= 11 is 3.60. The molecule has 5 heteroatoms. The lowest BCUT2D eigenvalue weighted by atomic mass is 9.85. The van der Waals surface area contributed by atoms with Gasteiger partial charge in [0.15, 0.2) is 11.6 Å². The molecule has 3 aromatic carbocycles. The standard InChI is InChI=1S/C26H28BrFO3/c1-18(2)30-24-13-11-20(15-22(24)27)26(3,4)17-29-16-19-10-12-23(28)25(14-19)31-21-8-6-5-7-9-21/h5-15,18H,16-17H2,1-4H3. The lowest BCUT2D eigenvalue weighted by molar-refractivity contribution is 0.0823. The summed E-state index contributed by atoms with van der Waals surface area (Å²) in [4.78, 5) is 0. The van der Waals surface area contributed by atoms with Gasteiger partial charge in [0.1, 0.15) is 11.5 Å². The molecule has 31 heavy (non-hydrogen) atoms. The SMILES string of the molecule is CC(C)Oc1ccc(C(C)(C)COCc2ccc(F)c(Oc3ccccc3)c2)cc1Br. The van der Waals surface area contributed by atoms with Gasteiger partial charge in [-0.1, -0.05) is 44.2 Å². The summed E-state index contributed by atoms with van der Waals surface area (Å²) < 4.78 is 32.5. The van der Waals surface area contributed by atoms with E-state index < -0.39 is 5.82 Å². The fraction of sp³-hybridized carbons (Fsp3) is 0.308. The fourth-order valence-electron chi connectivity index (χ4n) is 3.11. The second-order valence-electron chi connectivity index (χ2n) is 8.37. The molecule has 0 saturated carbocycles. The van der Waals surface area contributed by atoms with Crippen LogP contribution in [-0.4, -0.2) is 12.7 Å². The predicted molar refractivity (Wildman–Crippen MR) is 126 cm³/mol. The van der Waals surface area contributed by atoms with Crippen LogP contribution in [0.5, 0.6) is 17.2 Å². The molecule has 0 spiro atoms. The molecule has 0 aliphatic rings. The summed E-state index contributed by atoms with van der Waals surface area (Å²) in [5, 5.41) is 0. The fourth-order valence-corrected chi connectivity index (χ4v) is 3.58. The van der Waals surface area contributed by atoms with Crippen LogP contribution in [0.3, 0.4) is 0 Å². The molecule has 164 valence electrons. The summed E-state index contributed by atoms with van der Waals surface area (Å²) in [6.45, 7) is 9.15. The van der Waals surface area contributed by atoms with E-state index in [0.717, 1.165) is 21.3 Å². The first-order chi connectivity index (χ1) is 14.7. The summed E-state index contributed by atoms with van der Waals surface area (Å²) in [6.07, 6.45) is 0.116. The van der Waals surface area contributed by atoms with E-state index in [4.69, 9.17) is 14.2 Å². The van der Waals surface area contributed by atoms with Crippen LogP contribution in [-0.2, 0) is 16.8 Å². The van der Waals surface area contributed by atoms with E-state index in [2.05, 4.69) is 41.9 Å². The van der Waals surface area contributed by atoms with Crippen molar-refractivity contribution < 1.29 is 18.6 Å². The van der Waals surface area contributed by atoms with Crippen LogP contribution in [0.15, 0.2) is 71.2 Å². The largest absolute Gasteiger partial charge is 0.490 e. The normalized spacial score (nSPS) is 11.6. The van der Waals surface area contributed by atoms with Crippen molar-refractivity contribution in [2.75, 3.05) is 6.61 Å². The van der Waals surface area contributed by atoms with Crippen molar-refractivity contribution in [3.05, 3.63) is 88.1 Å². The highest BCUT2D eigenvalue weighted by atomic mass is 79.9. The van der Waals surface area contributed by atoms with E-state index in [-0.39, 0.29) is 17.3 Å². The number of hydrogen-bond donors (Lipinski definition) is 0. The number of para-hydroxylation sites is 1. The molecule has 0 radical (unpaired) electrons. The lowest BCUT2D eigenvalue weighted by Crippen LogP contribution is -2.24. The number of ether oxygens (including phenoxy) is 3. The molecule has 0 aliphatic carbocycles. The quantitative estimate of drug-likeness (QED) is 0.310. The maximum atomic E-state index is 14.2. The molecule has 3 aromatic rings. The third kappa shape index (κ3) is 6.55. The number of hydrogen-bond acceptors (Lipinski definition) is 3. The lowest BCUT2D eigenvalue weighted by Gasteiger charge is -2.26. The van der Waals surface area contributed by atoms with Crippen LogP contribution in [0.4, 0.5) is 4.39 Å². The Morgan fingerprint density at radius 3 is 2.35 bits per heavy atom. The molecule has 0 aromatic heterocycles. The van der Waals surface area contributed by atoms with Gasteiger partial charge in [-0.15, -0.1) is 0 Å². The Morgan fingerprint density at radius 2 is 1.68 bits per heavy atom. The van der Waals surface area contributed by atoms with Gasteiger partial charge in [0, 0.05) is 5.41 Å². The molecule has 0 N–H and O–H groups in total. The molecule has 0 bridgehead atoms. The number of halogens is 2. The summed E-state index contributed by atoms with van der Waals surface area (Å²) in [5.41, 5.74) is 1.79. The topological polar surface area (TPSA) is 27.7 Å². The highest BCUT2D eigenvalue weighted by molar-refractivity contribution is 9.10. The minimum atomic E-state index is -0.401. The van der Waals surface area contributed by atoms with Gasteiger partial charge in [0.05, 0.1) is 23.8 Å². The zero-order valence-corrected chi connectivity index (χ0v) is 19.9. The van der Waals surface area contributed by atoms with E-state index in [0.29, 0.717) is 19.0 Å². The third-order valence-electron chi connectivity index (χ3n) is 4.77. The van der Waals surface area contributed by atoms with Crippen molar-refractivity contribution in [1.29, 1.82) is 0 Å². The summed E-state index contributed by atoms with van der Waals surface area (Å²) in [7, 11) is 0. The van der Waals surface area contributed by atoms with E-state index >= 15 is 0 Å². The zero-order valence-electron chi connectivity index (χ0n) is 18.3. The number of benzene rings is 3. The third-order valence-corrected chi connectivity index (χ3v) is 5.39. The van der Waals surface area contributed by atoms with E-state index in [1.165, 1.54) is 6.07 Å². The molecular formula is C26H28BrFO3. The molecule has 0 saturated heterocycles. The van der Waals surface area contributed by atoms with Crippen molar-refractivity contribution >= 4 is 15.9 Å². The highest BCUT2D eigenvalue weighted by Gasteiger charge is 2.22. The molecule has 3 nitrogen and oxygen atoms in total. The Labute approximate surface area is 192 Å². The summed E-state index contributed by atoms with van der Waals surface area (Å²) in [6, 6.07) is 20.1. The van der Waals surface area contributed by atoms with Crippen molar-refractivity contribution in [2.24, 2.45) is 0 Å². The van der Waals surface area contributed by atoms with Gasteiger partial charge < -0.3 is 14.2 Å². The molecule has 0 fully saturated rings. The van der Waals surface area contributed by atoms with Crippen molar-refractivity contribution in [2.45, 2.75) is 45.8 Å². The average molecular weight is 487 g/mol. The van der Waals surface area contributed by atoms with E-state index in [9.17, 15) is 4.39 Å². The molecule has 0 heterocycles. The zero-order chi connectivity index (χ0) is 22.4. The van der Waals surface area contributed by atoms with Gasteiger partial charge in [0.2, 0.25) is 0 Å². The van der Waals surface area contributed by atoms with E-state index in [1.807, 2.05) is 38.1 Å². The Bertz CT molecular complexity index is 1000. The van der Waals surface area contributed by atoms with Gasteiger partial charge in [-0.25, -0.2) is 4.39 Å². The first-order valence-electron chi connectivity index (χ1n) is 10.3. The van der Waals surface area contributed by atoms with Gasteiger partial charge in [-0.3, -0.25) is 0 Å². The van der Waals surface area contributed by atoms with E-state index in [1.54, 1.807) is 24.3 Å². The first-order valence-corrected chi connectivity index (χ1v) is 11.1. The van der Waals surface area contributed by atoms with Crippen LogP contribution in [0.2, 0.25) is 0 Å². The Morgan fingerprint density at radius 1 is 0.935 bits per heavy atom. The molecule has 0 atom stereocenters. The minimum Gasteiger partial charge on any atom is -0.490 e. The van der Waals surface area contributed by atoms with Crippen molar-refractivity contribution in [1.82, 2.24) is 0 Å². The number of rotatable bonds is 9. The van der Waals surface area contributed by atoms with Gasteiger partial charge in [0.25, 0.3) is 0 Å². The van der Waals surface area contributed by atoms with Crippen LogP contribution in [0.1, 0.15) is 38.8 Å². The summed E-state index contributed by atoms with van der Waals surface area (Å²) in [5.74, 6) is 1.21. The van der Waals surface area contributed by atoms with Crippen LogP contribution < -0.4 is 9.47 Å². The average Bonchev–Trinajstić information content (AvgIpc) is 2.72. The predicted octanol–water partition coefficient (Wildman–Crippen LogP) is 7.66. The van der Waals surface area contributed by atoms with Crippen LogP contribution >= 0.6 is 15.9 Å². The smallest absolute Gasteiger partial charge is 0.165 e. The van der Waals surface area contributed by atoms with Crippen LogP contribution in [0, 0.1) is 5.82 Å². The molecule has 0 unspecified atom stereocenters. The first kappa shape index (κ1) is 23.3. The van der Waals surface area contributed by atoms with Crippen molar-refractivity contribution in [3.8, 4) is 17.2 Å². The Hall–Kier alpha value is -2.37. The van der Waals surface area contributed by atoms with Crippen molar-refractivity contribution in [3.63, 3.8) is 0 Å². The van der Waals surface area contributed by atoms with Gasteiger partial charge in [-0.05, 0) is 77.3 Å². The molecular weight excluding hydrogens is 459 g/mol. The Kier molecular flexibility index (Phi) is 7.74. The monoisotopic (exact) mass is 486 g/mol. The van der Waals surface area contributed by atoms with Gasteiger partial charge >= 0.3 is 0 Å². The molecule has 3 rings (SSSR count). The second kappa shape index (κ2) is 10.3. The second-order valence-corrected chi connectivity index (χ2v) is 9.22. The maximum Gasteiger partial charge on any atom is 0.165 e. The minimum absolute atomic E-state index is 0.116. The van der Waals surface area contributed by atoms with Crippen LogP contribution in [0.25, 0.3) is 0 Å². The molecule has 0 aliphatic heterocycles. The molecule has 0 amide bonds.